The fourth-order valence-corrected chi connectivity index (χ4v) is 4.29. The number of benzene rings is 1. The van der Waals surface area contributed by atoms with Gasteiger partial charge in [-0.15, -0.1) is 0 Å². The van der Waals surface area contributed by atoms with Crippen LogP contribution >= 0.6 is 0 Å². The molecule has 1 saturated heterocycles. The Bertz CT molecular complexity index is 988. The van der Waals surface area contributed by atoms with Crippen LogP contribution in [-0.2, 0) is 17.1 Å². The first-order valence-corrected chi connectivity index (χ1v) is 10.6. The first kappa shape index (κ1) is 22.6. The van der Waals surface area contributed by atoms with Crippen molar-refractivity contribution >= 4 is 22.4 Å². The Labute approximate surface area is 197 Å². The first-order valence-electron chi connectivity index (χ1n) is 10.6. The summed E-state index contributed by atoms with van der Waals surface area (Å²) in [5.74, 6) is 2.37. The van der Waals surface area contributed by atoms with E-state index in [9.17, 15) is 0 Å². The number of nitrogens with one attached hydrogen (secondary N) is 1. The molecule has 1 N–H and O–H groups in total. The van der Waals surface area contributed by atoms with Crippen LogP contribution in [-0.4, -0.2) is 35.6 Å². The van der Waals surface area contributed by atoms with Crippen molar-refractivity contribution in [1.29, 1.82) is 0 Å². The van der Waals surface area contributed by atoms with Crippen LogP contribution in [0.15, 0.2) is 30.5 Å². The van der Waals surface area contributed by atoms with E-state index in [2.05, 4.69) is 77.7 Å². The summed E-state index contributed by atoms with van der Waals surface area (Å²) in [6.45, 7) is 6.20. The second kappa shape index (κ2) is 10.4. The smallest absolute Gasteiger partial charge is 0.352 e. The summed E-state index contributed by atoms with van der Waals surface area (Å²) in [6.07, 6.45) is 20.9. The van der Waals surface area contributed by atoms with E-state index >= 15 is 0 Å². The summed E-state index contributed by atoms with van der Waals surface area (Å²) < 4.78 is 2.33. The van der Waals surface area contributed by atoms with E-state index in [1.807, 2.05) is 32.1 Å². The Morgan fingerprint density at radius 2 is 1.52 bits per heavy atom. The SMILES string of the molecule is Cc1cn2c(c(N3CCNCC3)nc3ccccc32)c1[C]1[CH][CH][CH][CH]1.[CH]1[CH][CH][CH][CH]1.[Fe+2]. The van der Waals surface area contributed by atoms with Gasteiger partial charge in [-0.05, 0) is 88.0 Å². The van der Waals surface area contributed by atoms with Crippen LogP contribution in [0.4, 0.5) is 5.82 Å². The summed E-state index contributed by atoms with van der Waals surface area (Å²) in [5, 5.41) is 3.44. The maximum Gasteiger partial charge on any atom is 2.00 e. The molecule has 6 rings (SSSR count). The second-order valence-corrected chi connectivity index (χ2v) is 7.70. The molecule has 0 bridgehead atoms. The van der Waals surface area contributed by atoms with Crippen LogP contribution < -0.4 is 10.2 Å². The number of hydrogen-bond acceptors (Lipinski definition) is 3. The average Bonchev–Trinajstić information content (AvgIpc) is 3.56. The van der Waals surface area contributed by atoms with Gasteiger partial charge in [0, 0.05) is 38.3 Å². The molecule has 2 aliphatic carbocycles. The first-order chi connectivity index (χ1) is 14.8. The second-order valence-electron chi connectivity index (χ2n) is 7.70. The van der Waals surface area contributed by atoms with Gasteiger partial charge in [0.1, 0.15) is 0 Å². The van der Waals surface area contributed by atoms with Gasteiger partial charge in [-0.2, -0.15) is 0 Å². The quantitative estimate of drug-likeness (QED) is 0.600. The van der Waals surface area contributed by atoms with Gasteiger partial charge in [0.15, 0.2) is 5.82 Å². The van der Waals surface area contributed by atoms with Crippen molar-refractivity contribution in [2.24, 2.45) is 0 Å². The van der Waals surface area contributed by atoms with E-state index in [1.54, 1.807) is 0 Å². The molecule has 31 heavy (non-hydrogen) atoms. The molecule has 2 saturated carbocycles. The zero-order valence-electron chi connectivity index (χ0n) is 17.6. The van der Waals surface area contributed by atoms with Crippen LogP contribution in [0.2, 0.25) is 0 Å². The number of aryl methyl sites for hydroxylation is 1. The fourth-order valence-electron chi connectivity index (χ4n) is 4.29. The summed E-state index contributed by atoms with van der Waals surface area (Å²) in [5.41, 5.74) is 6.03. The molecule has 0 atom stereocenters. The van der Waals surface area contributed by atoms with Crippen LogP contribution in [0.5, 0.6) is 0 Å². The minimum absolute atomic E-state index is 0. The zero-order chi connectivity index (χ0) is 20.3. The summed E-state index contributed by atoms with van der Waals surface area (Å²) in [7, 11) is 0. The monoisotopic (exact) mass is 450 g/mol. The average molecular weight is 450 g/mol. The van der Waals surface area contributed by atoms with E-state index in [4.69, 9.17) is 4.98 Å². The molecule has 1 aromatic carbocycles. The third-order valence-electron chi connectivity index (χ3n) is 5.70. The van der Waals surface area contributed by atoms with E-state index in [0.29, 0.717) is 0 Å². The minimum atomic E-state index is 0. The van der Waals surface area contributed by atoms with E-state index in [-0.39, 0.29) is 17.1 Å². The number of anilines is 1. The van der Waals surface area contributed by atoms with Gasteiger partial charge in [-0.25, -0.2) is 4.98 Å². The Balaban J connectivity index is 0.000000342. The van der Waals surface area contributed by atoms with Crippen LogP contribution in [0.3, 0.4) is 0 Å². The topological polar surface area (TPSA) is 32.6 Å². The molecule has 5 heteroatoms. The van der Waals surface area contributed by atoms with Crippen molar-refractivity contribution in [1.82, 2.24) is 14.7 Å². The van der Waals surface area contributed by atoms with Gasteiger partial charge in [0.05, 0.1) is 16.6 Å². The molecular weight excluding hydrogens is 424 g/mol. The molecule has 0 spiro atoms. The van der Waals surface area contributed by atoms with Crippen LogP contribution in [0.25, 0.3) is 16.6 Å². The number of nitrogens with zero attached hydrogens (tertiary/aromatic N) is 3. The van der Waals surface area contributed by atoms with E-state index in [1.165, 1.54) is 22.6 Å². The summed E-state index contributed by atoms with van der Waals surface area (Å²) in [4.78, 5) is 7.51. The molecule has 156 valence electrons. The Morgan fingerprint density at radius 3 is 2.19 bits per heavy atom. The maximum atomic E-state index is 5.09. The minimum Gasteiger partial charge on any atom is -0.352 e. The normalized spacial score (nSPS) is 19.5. The van der Waals surface area contributed by atoms with Gasteiger partial charge in [0.2, 0.25) is 0 Å². The third kappa shape index (κ3) is 4.65. The van der Waals surface area contributed by atoms with Gasteiger partial charge >= 0.3 is 17.1 Å². The van der Waals surface area contributed by atoms with Crippen molar-refractivity contribution in [3.8, 4) is 0 Å². The van der Waals surface area contributed by atoms with Gasteiger partial charge in [-0.3, -0.25) is 0 Å². The molecule has 4 nitrogen and oxygen atoms in total. The Morgan fingerprint density at radius 1 is 0.871 bits per heavy atom. The largest absolute Gasteiger partial charge is 2.00 e. The Kier molecular flexibility index (Phi) is 7.58. The van der Waals surface area contributed by atoms with Crippen molar-refractivity contribution in [3.63, 3.8) is 0 Å². The summed E-state index contributed by atoms with van der Waals surface area (Å²) >= 11 is 0. The fraction of sp³-hybridized carbons (Fsp3) is 0.192. The number of hydrogen-bond donors (Lipinski definition) is 1. The molecule has 1 aliphatic heterocycles. The number of fused-ring (bicyclic) bond motifs is 3. The van der Waals surface area contributed by atoms with E-state index < -0.39 is 0 Å². The molecule has 10 radical (unpaired) electrons. The van der Waals surface area contributed by atoms with E-state index in [0.717, 1.165) is 43.0 Å². The molecule has 3 aliphatic rings. The number of aromatic nitrogens is 2. The van der Waals surface area contributed by atoms with Crippen molar-refractivity contribution in [3.05, 3.63) is 105 Å². The van der Waals surface area contributed by atoms with Gasteiger partial charge in [0.25, 0.3) is 0 Å². The molecule has 3 aromatic rings. The van der Waals surface area contributed by atoms with Gasteiger partial charge in [-0.1, -0.05) is 12.1 Å². The zero-order valence-corrected chi connectivity index (χ0v) is 18.7. The molecule has 3 fully saturated rings. The van der Waals surface area contributed by atoms with Crippen LogP contribution in [0, 0.1) is 70.6 Å². The van der Waals surface area contributed by atoms with Crippen molar-refractivity contribution < 1.29 is 17.1 Å². The predicted octanol–water partition coefficient (Wildman–Crippen LogP) is 3.98. The molecule has 3 heterocycles. The predicted molar refractivity (Wildman–Crippen MR) is 124 cm³/mol. The van der Waals surface area contributed by atoms with Crippen molar-refractivity contribution in [2.45, 2.75) is 6.92 Å². The number of rotatable bonds is 2. The number of para-hydroxylation sites is 2. The Hall–Kier alpha value is -1.55. The molecule has 0 unspecified atom stereocenters. The van der Waals surface area contributed by atoms with Crippen LogP contribution in [0.1, 0.15) is 11.1 Å². The van der Waals surface area contributed by atoms with Crippen molar-refractivity contribution in [2.75, 3.05) is 31.1 Å². The molecule has 2 aromatic heterocycles. The molecular formula is C26H26FeN4+2. The standard InChI is InChI=1S/C21H21N4.C5H5.Fe/c1-15-14-25-18-9-5-4-8-17(18)23-21(24-12-10-22-11-13-24)20(25)19(15)16-6-2-3-7-16;1-2-4-5-3-1;/h2-9,14,22H,10-13H2,1H3;1-5H;/q;;+2. The third-order valence-corrected chi connectivity index (χ3v) is 5.70. The van der Waals surface area contributed by atoms with Gasteiger partial charge < -0.3 is 14.6 Å². The number of piperazine rings is 1. The maximum absolute atomic E-state index is 5.09. The summed E-state index contributed by atoms with van der Waals surface area (Å²) in [6, 6.07) is 8.42. The molecule has 0 amide bonds.